The molecule has 0 unspecified atom stereocenters. The molecule has 4 amide bonds. The van der Waals surface area contributed by atoms with Crippen LogP contribution in [-0.4, -0.2) is 52.0 Å². The minimum atomic E-state index is -3.95. The van der Waals surface area contributed by atoms with Crippen molar-refractivity contribution in [1.29, 1.82) is 0 Å². The Balaban J connectivity index is 1.70. The first-order valence-electron chi connectivity index (χ1n) is 10.7. The third kappa shape index (κ3) is 10.2. The first-order valence-corrected chi connectivity index (χ1v) is 14.8. The molecule has 2 aromatic carbocycles. The van der Waals surface area contributed by atoms with Crippen LogP contribution in [0.4, 0.5) is 11.4 Å². The molecule has 0 radical (unpaired) electrons. The zero-order valence-corrected chi connectivity index (χ0v) is 22.4. The summed E-state index contributed by atoms with van der Waals surface area (Å²) >= 11 is 1.39. The van der Waals surface area contributed by atoms with Gasteiger partial charge in [-0.2, -0.15) is 11.8 Å². The molecule has 0 atom stereocenters. The van der Waals surface area contributed by atoms with Crippen LogP contribution in [0.3, 0.4) is 0 Å². The zero-order chi connectivity index (χ0) is 27.6. The third-order valence-electron chi connectivity index (χ3n) is 4.40. The molecule has 0 spiro atoms. The van der Waals surface area contributed by atoms with Crippen LogP contribution in [0.5, 0.6) is 0 Å². The van der Waals surface area contributed by atoms with Crippen molar-refractivity contribution in [1.82, 2.24) is 9.44 Å². The molecule has 0 aliphatic heterocycles. The van der Waals surface area contributed by atoms with Gasteiger partial charge in [0.2, 0.25) is 23.6 Å². The number of hydrogen-bond acceptors (Lipinski definition) is 9. The summed E-state index contributed by atoms with van der Waals surface area (Å²) in [6, 6.07) is 10.7. The first kappa shape index (κ1) is 29.8. The maximum Gasteiger partial charge on any atom is 0.264 e. The predicted molar refractivity (Wildman–Crippen MR) is 139 cm³/mol. The number of sulfonamides is 2. The van der Waals surface area contributed by atoms with Crippen LogP contribution in [0.25, 0.3) is 0 Å². The number of rotatable bonds is 12. The molecule has 12 nitrogen and oxygen atoms in total. The summed E-state index contributed by atoms with van der Waals surface area (Å²) in [6.07, 6.45) is 0.338. The minimum absolute atomic E-state index is 0.111. The Morgan fingerprint density at radius 2 is 0.946 bits per heavy atom. The molecular formula is C22H26N4O8S3. The Kier molecular flexibility index (Phi) is 10.6. The van der Waals surface area contributed by atoms with Crippen molar-refractivity contribution in [2.24, 2.45) is 0 Å². The van der Waals surface area contributed by atoms with Gasteiger partial charge < -0.3 is 10.6 Å². The highest BCUT2D eigenvalue weighted by Gasteiger charge is 2.16. The van der Waals surface area contributed by atoms with Crippen molar-refractivity contribution in [2.45, 2.75) is 36.5 Å². The summed E-state index contributed by atoms with van der Waals surface area (Å²) in [5.41, 5.74) is 0.791. The van der Waals surface area contributed by atoms with Crippen LogP contribution in [0, 0.1) is 0 Å². The summed E-state index contributed by atoms with van der Waals surface area (Å²) in [6.45, 7) is 2.17. The lowest BCUT2D eigenvalue weighted by atomic mass is 10.3. The predicted octanol–water partition coefficient (Wildman–Crippen LogP) is 1.43. The third-order valence-corrected chi connectivity index (χ3v) is 8.28. The van der Waals surface area contributed by atoms with Crippen molar-refractivity contribution in [3.63, 3.8) is 0 Å². The van der Waals surface area contributed by atoms with Crippen LogP contribution < -0.4 is 20.1 Å². The molecular weight excluding hydrogens is 544 g/mol. The van der Waals surface area contributed by atoms with Gasteiger partial charge in [-0.15, -0.1) is 0 Å². The smallest absolute Gasteiger partial charge is 0.264 e. The van der Waals surface area contributed by atoms with Gasteiger partial charge in [0.25, 0.3) is 20.0 Å². The van der Waals surface area contributed by atoms with Gasteiger partial charge in [-0.3, -0.25) is 19.2 Å². The van der Waals surface area contributed by atoms with Gasteiger partial charge in [-0.1, -0.05) is 0 Å². The lowest BCUT2D eigenvalue weighted by molar-refractivity contribution is -0.118. The molecule has 0 aliphatic carbocycles. The second kappa shape index (κ2) is 13.2. The normalized spacial score (nSPS) is 11.3. The van der Waals surface area contributed by atoms with E-state index in [4.69, 9.17) is 0 Å². The highest BCUT2D eigenvalue weighted by atomic mass is 32.2. The molecule has 200 valence electrons. The van der Waals surface area contributed by atoms with E-state index in [0.717, 1.165) is 13.8 Å². The van der Waals surface area contributed by atoms with E-state index in [9.17, 15) is 36.0 Å². The summed E-state index contributed by atoms with van der Waals surface area (Å²) in [4.78, 5) is 45.9. The molecule has 0 heterocycles. The van der Waals surface area contributed by atoms with Gasteiger partial charge in [0.1, 0.15) is 0 Å². The highest BCUT2D eigenvalue weighted by Crippen LogP contribution is 2.16. The summed E-state index contributed by atoms with van der Waals surface area (Å²) in [5, 5.41) is 5.28. The number of benzene rings is 2. The highest BCUT2D eigenvalue weighted by molar-refractivity contribution is 7.99. The molecule has 2 aromatic rings. The van der Waals surface area contributed by atoms with Gasteiger partial charge in [-0.05, 0) is 48.5 Å². The van der Waals surface area contributed by atoms with Crippen molar-refractivity contribution in [2.75, 3.05) is 22.1 Å². The summed E-state index contributed by atoms with van der Waals surface area (Å²) in [7, 11) is -7.90. The standard InChI is InChI=1S/C22H26N4O8S3/c1-15(27)25-36(31,32)19-7-3-17(4-8-19)23-21(29)11-13-35-14-12-22(30)24-18-5-9-20(10-6-18)37(33,34)26-16(2)28/h3-10H,11-14H2,1-2H3,(H,23,29)(H,24,30)(H,25,27)(H,26,28). The van der Waals surface area contributed by atoms with Crippen LogP contribution in [0.1, 0.15) is 26.7 Å². The molecule has 4 N–H and O–H groups in total. The van der Waals surface area contributed by atoms with Crippen molar-refractivity contribution < 1.29 is 36.0 Å². The van der Waals surface area contributed by atoms with E-state index in [1.54, 1.807) is 0 Å². The van der Waals surface area contributed by atoms with Crippen LogP contribution >= 0.6 is 11.8 Å². The van der Waals surface area contributed by atoms with Crippen LogP contribution in [-0.2, 0) is 39.2 Å². The number of amides is 4. The topological polar surface area (TPSA) is 185 Å². The van der Waals surface area contributed by atoms with Gasteiger partial charge in [0.15, 0.2) is 0 Å². The Morgan fingerprint density at radius 3 is 1.24 bits per heavy atom. The maximum absolute atomic E-state index is 12.1. The second-order valence-corrected chi connectivity index (χ2v) is 12.2. The number of hydrogen-bond donors (Lipinski definition) is 4. The van der Waals surface area contributed by atoms with Crippen molar-refractivity contribution >= 4 is 66.8 Å². The Hall–Kier alpha value is -3.43. The maximum atomic E-state index is 12.1. The number of carbonyl (C=O) groups excluding carboxylic acids is 4. The monoisotopic (exact) mass is 570 g/mol. The molecule has 0 aliphatic rings. The van der Waals surface area contributed by atoms with E-state index in [1.807, 2.05) is 9.44 Å². The SMILES string of the molecule is CC(=O)NS(=O)(=O)c1ccc(NC(=O)CCSCCC(=O)Nc2ccc(S(=O)(=O)NC(C)=O)cc2)cc1. The molecule has 0 bridgehead atoms. The van der Waals surface area contributed by atoms with E-state index < -0.39 is 31.9 Å². The number of anilines is 2. The lowest BCUT2D eigenvalue weighted by Crippen LogP contribution is -2.28. The molecule has 2 rings (SSSR count). The van der Waals surface area contributed by atoms with Gasteiger partial charge in [0, 0.05) is 49.6 Å². The fourth-order valence-corrected chi connectivity index (χ4v) is 5.65. The fourth-order valence-electron chi connectivity index (χ4n) is 2.81. The molecule has 15 heteroatoms. The van der Waals surface area contributed by atoms with Crippen LogP contribution in [0.2, 0.25) is 0 Å². The van der Waals surface area contributed by atoms with Gasteiger partial charge >= 0.3 is 0 Å². The largest absolute Gasteiger partial charge is 0.326 e. The average molecular weight is 571 g/mol. The number of thioether (sulfide) groups is 1. The van der Waals surface area contributed by atoms with E-state index in [2.05, 4.69) is 10.6 Å². The van der Waals surface area contributed by atoms with Crippen molar-refractivity contribution in [3.05, 3.63) is 48.5 Å². The minimum Gasteiger partial charge on any atom is -0.326 e. The van der Waals surface area contributed by atoms with E-state index in [1.165, 1.54) is 60.3 Å². The Morgan fingerprint density at radius 1 is 0.622 bits per heavy atom. The van der Waals surface area contributed by atoms with E-state index in [-0.39, 0.29) is 34.4 Å². The average Bonchev–Trinajstić information content (AvgIpc) is 2.78. The van der Waals surface area contributed by atoms with Gasteiger partial charge in [0.05, 0.1) is 9.79 Å². The molecule has 0 saturated heterocycles. The van der Waals surface area contributed by atoms with Gasteiger partial charge in [-0.25, -0.2) is 26.3 Å². The Labute approximate surface area is 219 Å². The van der Waals surface area contributed by atoms with E-state index >= 15 is 0 Å². The molecule has 37 heavy (non-hydrogen) atoms. The number of nitrogens with one attached hydrogen (secondary N) is 4. The molecule has 0 fully saturated rings. The summed E-state index contributed by atoms with van der Waals surface area (Å²) < 4.78 is 51.4. The molecule has 0 saturated carbocycles. The van der Waals surface area contributed by atoms with Crippen molar-refractivity contribution in [3.8, 4) is 0 Å². The second-order valence-electron chi connectivity index (χ2n) is 7.58. The number of carbonyl (C=O) groups is 4. The van der Waals surface area contributed by atoms with Crippen LogP contribution in [0.15, 0.2) is 58.3 Å². The van der Waals surface area contributed by atoms with E-state index in [0.29, 0.717) is 22.9 Å². The first-order chi connectivity index (χ1) is 17.3. The quantitative estimate of drug-likeness (QED) is 0.274. The molecule has 0 aromatic heterocycles. The summed E-state index contributed by atoms with van der Waals surface area (Å²) in [5.74, 6) is -1.10. The zero-order valence-electron chi connectivity index (χ0n) is 19.9. The lowest BCUT2D eigenvalue weighted by Gasteiger charge is -2.08. The Bertz CT molecular complexity index is 1250. The fraction of sp³-hybridized carbons (Fsp3) is 0.273.